The molecule has 1 heterocycles. The van der Waals surface area contributed by atoms with Crippen molar-refractivity contribution >= 4 is 14.5 Å². The first-order valence-corrected chi connectivity index (χ1v) is 9.12. The van der Waals surface area contributed by atoms with Gasteiger partial charge in [0.1, 0.15) is 5.22 Å². The van der Waals surface area contributed by atoms with E-state index in [9.17, 15) is 13.2 Å². The quantitative estimate of drug-likeness (QED) is 0.774. The Morgan fingerprint density at radius 3 is 2.05 bits per heavy atom. The zero-order chi connectivity index (χ0) is 17.4. The van der Waals surface area contributed by atoms with Crippen molar-refractivity contribution in [1.82, 2.24) is 0 Å². The minimum atomic E-state index is -5.08. The van der Waals surface area contributed by atoms with Crippen LogP contribution in [0.15, 0.2) is 0 Å². The van der Waals surface area contributed by atoms with Gasteiger partial charge in [0.05, 0.1) is 0 Å². The zero-order valence-corrected chi connectivity index (χ0v) is 14.5. The van der Waals surface area contributed by atoms with Gasteiger partial charge < -0.3 is 18.7 Å². The monoisotopic (exact) mass is 346 g/mol. The van der Waals surface area contributed by atoms with E-state index >= 15 is 0 Å². The third kappa shape index (κ3) is 4.93. The first-order valence-electron chi connectivity index (χ1n) is 7.10. The molecule has 0 saturated carbocycles. The summed E-state index contributed by atoms with van der Waals surface area (Å²) in [5, 5.41) is 7.00. The standard InChI is InChI=1S/C11H24O3Si.C2HF3O2/c1-5-8-11(12-2)9-6-7-10-15(11,13-3)14-4;3-2(4,5)1(6)7/h5-10H2,1-4H3;(H,6,7). The second-order valence-corrected chi connectivity index (χ2v) is 8.85. The SMILES string of the molecule is CCCC1(OC)CCCC[Si]1(OC)OC.O=C(O)C(F)(F)F. The van der Waals surface area contributed by atoms with E-state index in [1.165, 1.54) is 12.8 Å². The van der Waals surface area contributed by atoms with Crippen molar-refractivity contribution in [3.05, 3.63) is 0 Å². The third-order valence-electron chi connectivity index (χ3n) is 3.98. The molecule has 1 atom stereocenters. The highest BCUT2D eigenvalue weighted by molar-refractivity contribution is 6.70. The molecule has 22 heavy (non-hydrogen) atoms. The molecule has 0 aromatic heterocycles. The van der Waals surface area contributed by atoms with Crippen LogP contribution in [0.3, 0.4) is 0 Å². The summed E-state index contributed by atoms with van der Waals surface area (Å²) in [4.78, 5) is 8.90. The van der Waals surface area contributed by atoms with Crippen LogP contribution >= 0.6 is 0 Å². The van der Waals surface area contributed by atoms with E-state index in [1.54, 1.807) is 21.3 Å². The Balaban J connectivity index is 0.000000534. The van der Waals surface area contributed by atoms with E-state index < -0.39 is 20.7 Å². The van der Waals surface area contributed by atoms with Gasteiger partial charge in [-0.1, -0.05) is 26.2 Å². The van der Waals surface area contributed by atoms with Crippen molar-refractivity contribution in [3.63, 3.8) is 0 Å². The van der Waals surface area contributed by atoms with Crippen molar-refractivity contribution in [2.24, 2.45) is 0 Å². The second-order valence-electron chi connectivity index (χ2n) is 5.12. The second kappa shape index (κ2) is 8.85. The van der Waals surface area contributed by atoms with Gasteiger partial charge in [0.15, 0.2) is 0 Å². The lowest BCUT2D eigenvalue weighted by Crippen LogP contribution is -2.64. The molecular formula is C13H25F3O5Si. The number of aliphatic carboxylic acids is 1. The van der Waals surface area contributed by atoms with Crippen molar-refractivity contribution in [2.75, 3.05) is 21.3 Å². The Labute approximate surface area is 130 Å². The minimum Gasteiger partial charge on any atom is -0.475 e. The van der Waals surface area contributed by atoms with Gasteiger partial charge in [-0.15, -0.1) is 0 Å². The molecule has 1 saturated heterocycles. The molecule has 9 heteroatoms. The minimum absolute atomic E-state index is 0.122. The van der Waals surface area contributed by atoms with E-state index in [0.717, 1.165) is 25.3 Å². The average Bonchev–Trinajstić information content (AvgIpc) is 2.47. The fourth-order valence-electron chi connectivity index (χ4n) is 2.92. The third-order valence-corrected chi connectivity index (χ3v) is 8.40. The molecule has 0 bridgehead atoms. The molecule has 0 aromatic rings. The maximum Gasteiger partial charge on any atom is 0.490 e. The van der Waals surface area contributed by atoms with Crippen molar-refractivity contribution in [1.29, 1.82) is 0 Å². The largest absolute Gasteiger partial charge is 0.490 e. The van der Waals surface area contributed by atoms with Crippen LogP contribution < -0.4 is 0 Å². The van der Waals surface area contributed by atoms with Crippen molar-refractivity contribution in [3.8, 4) is 0 Å². The lowest BCUT2D eigenvalue weighted by Gasteiger charge is -2.47. The van der Waals surface area contributed by atoms with Crippen LogP contribution in [-0.2, 0) is 18.4 Å². The maximum absolute atomic E-state index is 10.6. The highest BCUT2D eigenvalue weighted by Crippen LogP contribution is 2.42. The summed E-state index contributed by atoms with van der Waals surface area (Å²) in [7, 11) is 3.22. The molecule has 1 aliphatic heterocycles. The molecular weight excluding hydrogens is 321 g/mol. The van der Waals surface area contributed by atoms with Crippen LogP contribution in [0.25, 0.3) is 0 Å². The van der Waals surface area contributed by atoms with Crippen molar-refractivity contribution in [2.45, 2.75) is 56.5 Å². The van der Waals surface area contributed by atoms with E-state index in [0.29, 0.717) is 0 Å². The number of rotatable bonds is 5. The first-order chi connectivity index (χ1) is 10.1. The van der Waals surface area contributed by atoms with Crippen LogP contribution in [0.2, 0.25) is 6.04 Å². The summed E-state index contributed by atoms with van der Waals surface area (Å²) in [6.07, 6.45) is 0.621. The molecule has 1 unspecified atom stereocenters. The first kappa shape index (κ1) is 21.4. The van der Waals surface area contributed by atoms with Gasteiger partial charge in [0.2, 0.25) is 0 Å². The Morgan fingerprint density at radius 2 is 1.73 bits per heavy atom. The molecule has 0 spiro atoms. The Morgan fingerprint density at radius 1 is 1.23 bits per heavy atom. The summed E-state index contributed by atoms with van der Waals surface area (Å²) in [6.45, 7) is 2.19. The molecule has 1 fully saturated rings. The number of alkyl halides is 3. The zero-order valence-electron chi connectivity index (χ0n) is 13.5. The molecule has 5 nitrogen and oxygen atoms in total. The van der Waals surface area contributed by atoms with Crippen molar-refractivity contribution < 1.29 is 36.7 Å². The Bertz CT molecular complexity index is 343. The normalized spacial score (nSPS) is 24.3. The number of hydrogen-bond donors (Lipinski definition) is 1. The van der Waals surface area contributed by atoms with Gasteiger partial charge in [0.25, 0.3) is 0 Å². The molecule has 0 aliphatic carbocycles. The van der Waals surface area contributed by atoms with Gasteiger partial charge in [-0.05, 0) is 18.9 Å². The summed E-state index contributed by atoms with van der Waals surface area (Å²) >= 11 is 0. The fraction of sp³-hybridized carbons (Fsp3) is 0.923. The van der Waals surface area contributed by atoms with Crippen LogP contribution in [0.4, 0.5) is 13.2 Å². The number of hydrogen-bond acceptors (Lipinski definition) is 4. The number of ether oxygens (including phenoxy) is 1. The van der Waals surface area contributed by atoms with E-state index in [4.69, 9.17) is 23.5 Å². The van der Waals surface area contributed by atoms with Gasteiger partial charge in [-0.25, -0.2) is 4.79 Å². The van der Waals surface area contributed by atoms with Crippen LogP contribution in [0.1, 0.15) is 39.0 Å². The number of halogens is 3. The molecule has 132 valence electrons. The smallest absolute Gasteiger partial charge is 0.475 e. The Kier molecular flexibility index (Phi) is 8.59. The van der Waals surface area contributed by atoms with E-state index in [2.05, 4.69) is 6.92 Å². The number of methoxy groups -OCH3 is 1. The summed E-state index contributed by atoms with van der Waals surface area (Å²) in [5.74, 6) is -2.76. The molecule has 0 radical (unpaired) electrons. The maximum atomic E-state index is 10.6. The summed E-state index contributed by atoms with van der Waals surface area (Å²) in [6, 6.07) is 1.06. The van der Waals surface area contributed by atoms with Gasteiger partial charge in [-0.2, -0.15) is 13.2 Å². The van der Waals surface area contributed by atoms with E-state index in [1.807, 2.05) is 0 Å². The van der Waals surface area contributed by atoms with Crippen LogP contribution in [-0.4, -0.2) is 52.4 Å². The Hall–Kier alpha value is -0.643. The summed E-state index contributed by atoms with van der Waals surface area (Å²) in [5.41, 5.74) is 0. The topological polar surface area (TPSA) is 65.0 Å². The van der Waals surface area contributed by atoms with Gasteiger partial charge in [-0.3, -0.25) is 0 Å². The van der Waals surface area contributed by atoms with E-state index in [-0.39, 0.29) is 5.22 Å². The molecule has 1 N–H and O–H groups in total. The highest BCUT2D eigenvalue weighted by atomic mass is 28.4. The molecule has 0 amide bonds. The number of carboxylic acid groups (broad SMARTS) is 1. The lowest BCUT2D eigenvalue weighted by molar-refractivity contribution is -0.192. The fourth-order valence-corrected chi connectivity index (χ4v) is 6.91. The number of carboxylic acids is 1. The van der Waals surface area contributed by atoms with Crippen LogP contribution in [0.5, 0.6) is 0 Å². The van der Waals surface area contributed by atoms with Gasteiger partial charge >= 0.3 is 20.7 Å². The highest BCUT2D eigenvalue weighted by Gasteiger charge is 2.58. The predicted molar refractivity (Wildman–Crippen MR) is 76.8 cm³/mol. The average molecular weight is 346 g/mol. The molecule has 1 rings (SSSR count). The summed E-state index contributed by atoms with van der Waals surface area (Å²) < 4.78 is 49.1. The number of carbonyl (C=O) groups is 1. The lowest BCUT2D eigenvalue weighted by atomic mass is 10.1. The predicted octanol–water partition coefficient (Wildman–Crippen LogP) is 3.26. The van der Waals surface area contributed by atoms with Crippen LogP contribution in [0, 0.1) is 0 Å². The van der Waals surface area contributed by atoms with Gasteiger partial charge in [0, 0.05) is 21.3 Å². The molecule has 0 aromatic carbocycles. The molecule has 1 aliphatic rings.